The summed E-state index contributed by atoms with van der Waals surface area (Å²) in [5.74, 6) is 2.24. The van der Waals surface area contributed by atoms with E-state index in [4.69, 9.17) is 9.47 Å². The Balaban J connectivity index is 1.67. The second-order valence-corrected chi connectivity index (χ2v) is 6.12. The van der Waals surface area contributed by atoms with Crippen molar-refractivity contribution in [1.29, 1.82) is 0 Å². The van der Waals surface area contributed by atoms with Gasteiger partial charge in [-0.15, -0.1) is 0 Å². The SMILES string of the molecule is C[C@@H]1CCCN(C(=O)/C=C/c2ccc3c(c2)OCCCO3)C1. The van der Waals surface area contributed by atoms with Gasteiger partial charge in [0.15, 0.2) is 11.5 Å². The van der Waals surface area contributed by atoms with Crippen LogP contribution in [0.2, 0.25) is 0 Å². The molecule has 0 N–H and O–H groups in total. The lowest BCUT2D eigenvalue weighted by Gasteiger charge is -2.30. The lowest BCUT2D eigenvalue weighted by Crippen LogP contribution is -2.38. The molecule has 0 spiro atoms. The smallest absolute Gasteiger partial charge is 0.246 e. The summed E-state index contributed by atoms with van der Waals surface area (Å²) >= 11 is 0. The molecule has 4 nitrogen and oxygen atoms in total. The van der Waals surface area contributed by atoms with Crippen LogP contribution in [0.15, 0.2) is 24.3 Å². The van der Waals surface area contributed by atoms with Gasteiger partial charge in [0.05, 0.1) is 13.2 Å². The molecular weight excluding hydrogens is 278 g/mol. The van der Waals surface area contributed by atoms with Crippen LogP contribution >= 0.6 is 0 Å². The van der Waals surface area contributed by atoms with Crippen molar-refractivity contribution in [3.05, 3.63) is 29.8 Å². The van der Waals surface area contributed by atoms with E-state index in [0.717, 1.165) is 43.0 Å². The molecule has 2 aliphatic rings. The molecule has 1 aromatic carbocycles. The molecule has 0 radical (unpaired) electrons. The number of nitrogens with zero attached hydrogens (tertiary/aromatic N) is 1. The van der Waals surface area contributed by atoms with E-state index in [2.05, 4.69) is 6.92 Å². The molecule has 22 heavy (non-hydrogen) atoms. The number of fused-ring (bicyclic) bond motifs is 1. The normalized spacial score (nSPS) is 21.7. The highest BCUT2D eigenvalue weighted by Crippen LogP contribution is 2.30. The van der Waals surface area contributed by atoms with E-state index in [1.807, 2.05) is 29.2 Å². The lowest BCUT2D eigenvalue weighted by molar-refractivity contribution is -0.127. The quantitative estimate of drug-likeness (QED) is 0.788. The van der Waals surface area contributed by atoms with Crippen molar-refractivity contribution in [1.82, 2.24) is 4.90 Å². The van der Waals surface area contributed by atoms with Crippen LogP contribution in [0.1, 0.15) is 31.7 Å². The van der Waals surface area contributed by atoms with Gasteiger partial charge in [-0.1, -0.05) is 13.0 Å². The van der Waals surface area contributed by atoms with Crippen molar-refractivity contribution in [2.24, 2.45) is 5.92 Å². The molecule has 0 aliphatic carbocycles. The maximum Gasteiger partial charge on any atom is 0.246 e. The molecule has 2 aliphatic heterocycles. The summed E-state index contributed by atoms with van der Waals surface area (Å²) in [5.41, 5.74) is 0.961. The first-order valence-corrected chi connectivity index (χ1v) is 8.09. The number of piperidine rings is 1. The Kier molecular flexibility index (Phi) is 4.66. The third-order valence-electron chi connectivity index (χ3n) is 4.16. The van der Waals surface area contributed by atoms with Gasteiger partial charge in [0, 0.05) is 25.6 Å². The average molecular weight is 301 g/mol. The summed E-state index contributed by atoms with van der Waals surface area (Å²) in [4.78, 5) is 14.2. The van der Waals surface area contributed by atoms with Crippen molar-refractivity contribution in [2.45, 2.75) is 26.2 Å². The van der Waals surface area contributed by atoms with E-state index >= 15 is 0 Å². The van der Waals surface area contributed by atoms with Gasteiger partial charge >= 0.3 is 0 Å². The van der Waals surface area contributed by atoms with E-state index in [-0.39, 0.29) is 5.91 Å². The number of hydrogen-bond acceptors (Lipinski definition) is 3. The Labute approximate surface area is 131 Å². The number of benzene rings is 1. The Bertz CT molecular complexity index is 567. The number of carbonyl (C=O) groups is 1. The summed E-state index contributed by atoms with van der Waals surface area (Å²) in [6.45, 7) is 5.30. The van der Waals surface area contributed by atoms with Crippen molar-refractivity contribution < 1.29 is 14.3 Å². The zero-order valence-corrected chi connectivity index (χ0v) is 13.1. The standard InChI is InChI=1S/C18H23NO3/c1-14-4-2-9-19(13-14)18(20)8-6-15-5-7-16-17(12-15)22-11-3-10-21-16/h5-8,12,14H,2-4,9-11,13H2,1H3/b8-6+/t14-/m1/s1. The van der Waals surface area contributed by atoms with E-state index < -0.39 is 0 Å². The fourth-order valence-corrected chi connectivity index (χ4v) is 2.95. The Morgan fingerprint density at radius 3 is 2.86 bits per heavy atom. The molecule has 3 rings (SSSR count). The molecular formula is C18H23NO3. The monoisotopic (exact) mass is 301 g/mol. The molecule has 0 unspecified atom stereocenters. The third-order valence-corrected chi connectivity index (χ3v) is 4.16. The highest BCUT2D eigenvalue weighted by molar-refractivity contribution is 5.91. The highest BCUT2D eigenvalue weighted by Gasteiger charge is 2.19. The van der Waals surface area contributed by atoms with Crippen LogP contribution in [-0.4, -0.2) is 37.1 Å². The van der Waals surface area contributed by atoms with Crippen LogP contribution in [0.3, 0.4) is 0 Å². The number of likely N-dealkylation sites (tertiary alicyclic amines) is 1. The fraction of sp³-hybridized carbons (Fsp3) is 0.500. The summed E-state index contributed by atoms with van der Waals surface area (Å²) in [6.07, 6.45) is 6.74. The number of rotatable bonds is 2. The molecule has 2 heterocycles. The van der Waals surface area contributed by atoms with Gasteiger partial charge in [-0.05, 0) is 42.5 Å². The second kappa shape index (κ2) is 6.86. The predicted octanol–water partition coefficient (Wildman–Crippen LogP) is 3.12. The van der Waals surface area contributed by atoms with Gasteiger partial charge in [-0.2, -0.15) is 0 Å². The van der Waals surface area contributed by atoms with Gasteiger partial charge in [0.25, 0.3) is 0 Å². The molecule has 1 fully saturated rings. The van der Waals surface area contributed by atoms with Crippen LogP contribution < -0.4 is 9.47 Å². The van der Waals surface area contributed by atoms with Gasteiger partial charge in [-0.25, -0.2) is 0 Å². The largest absolute Gasteiger partial charge is 0.490 e. The zero-order valence-electron chi connectivity index (χ0n) is 13.1. The number of carbonyl (C=O) groups excluding carboxylic acids is 1. The third kappa shape index (κ3) is 3.62. The van der Waals surface area contributed by atoms with Crippen molar-refractivity contribution in [3.63, 3.8) is 0 Å². The maximum absolute atomic E-state index is 12.2. The molecule has 4 heteroatoms. The number of ether oxygens (including phenoxy) is 2. The summed E-state index contributed by atoms with van der Waals surface area (Å²) in [5, 5.41) is 0. The van der Waals surface area contributed by atoms with E-state index in [9.17, 15) is 4.79 Å². The Morgan fingerprint density at radius 2 is 2.05 bits per heavy atom. The number of hydrogen-bond donors (Lipinski definition) is 0. The van der Waals surface area contributed by atoms with Crippen LogP contribution in [-0.2, 0) is 4.79 Å². The molecule has 1 amide bonds. The van der Waals surface area contributed by atoms with Crippen LogP contribution in [0, 0.1) is 5.92 Å². The van der Waals surface area contributed by atoms with Gasteiger partial charge in [0.2, 0.25) is 5.91 Å². The van der Waals surface area contributed by atoms with Crippen molar-refractivity contribution in [3.8, 4) is 11.5 Å². The summed E-state index contributed by atoms with van der Waals surface area (Å²) < 4.78 is 11.3. The topological polar surface area (TPSA) is 38.8 Å². The zero-order chi connectivity index (χ0) is 15.4. The minimum Gasteiger partial charge on any atom is -0.490 e. The van der Waals surface area contributed by atoms with Gasteiger partial charge in [-0.3, -0.25) is 4.79 Å². The van der Waals surface area contributed by atoms with E-state index in [1.54, 1.807) is 6.08 Å². The summed E-state index contributed by atoms with van der Waals surface area (Å²) in [7, 11) is 0. The summed E-state index contributed by atoms with van der Waals surface area (Å²) in [6, 6.07) is 5.80. The van der Waals surface area contributed by atoms with Crippen LogP contribution in [0.5, 0.6) is 11.5 Å². The van der Waals surface area contributed by atoms with Crippen LogP contribution in [0.25, 0.3) is 6.08 Å². The first-order chi connectivity index (χ1) is 10.7. The molecule has 0 bridgehead atoms. The fourth-order valence-electron chi connectivity index (χ4n) is 2.95. The maximum atomic E-state index is 12.2. The van der Waals surface area contributed by atoms with Gasteiger partial charge in [0.1, 0.15) is 0 Å². The lowest BCUT2D eigenvalue weighted by atomic mass is 10.0. The van der Waals surface area contributed by atoms with Crippen molar-refractivity contribution in [2.75, 3.05) is 26.3 Å². The minimum absolute atomic E-state index is 0.0960. The first kappa shape index (κ1) is 14.9. The first-order valence-electron chi connectivity index (χ1n) is 8.09. The molecule has 1 saturated heterocycles. The van der Waals surface area contributed by atoms with E-state index in [0.29, 0.717) is 19.1 Å². The predicted molar refractivity (Wildman–Crippen MR) is 86.1 cm³/mol. The van der Waals surface area contributed by atoms with E-state index in [1.165, 1.54) is 6.42 Å². The average Bonchev–Trinajstić information content (AvgIpc) is 2.77. The minimum atomic E-state index is 0.0960. The molecule has 1 atom stereocenters. The molecule has 0 saturated carbocycles. The van der Waals surface area contributed by atoms with Gasteiger partial charge < -0.3 is 14.4 Å². The number of amides is 1. The molecule has 118 valence electrons. The molecule has 0 aromatic heterocycles. The Morgan fingerprint density at radius 1 is 1.23 bits per heavy atom. The van der Waals surface area contributed by atoms with Crippen LogP contribution in [0.4, 0.5) is 0 Å². The molecule has 1 aromatic rings. The Hall–Kier alpha value is -1.97. The van der Waals surface area contributed by atoms with Crippen molar-refractivity contribution >= 4 is 12.0 Å². The second-order valence-electron chi connectivity index (χ2n) is 6.12. The highest BCUT2D eigenvalue weighted by atomic mass is 16.5.